The van der Waals surface area contributed by atoms with Gasteiger partial charge in [0.25, 0.3) is 0 Å². The summed E-state index contributed by atoms with van der Waals surface area (Å²) in [5.41, 5.74) is 11.8. The minimum Gasteiger partial charge on any atom is -0.508 e. The summed E-state index contributed by atoms with van der Waals surface area (Å²) >= 11 is 3.69. The van der Waals surface area contributed by atoms with E-state index in [0.717, 1.165) is 33.8 Å². The minimum absolute atomic E-state index is 0.291. The molecule has 0 aliphatic heterocycles. The summed E-state index contributed by atoms with van der Waals surface area (Å²) in [6.07, 6.45) is 2.05. The zero-order valence-corrected chi connectivity index (χ0v) is 21.9. The average Bonchev–Trinajstić information content (AvgIpc) is 3.15. The van der Waals surface area contributed by atoms with E-state index < -0.39 is 0 Å². The largest absolute Gasteiger partial charge is 0.508 e. The Hall–Kier alpha value is -3.30. The molecule has 0 fully saturated rings. The summed E-state index contributed by atoms with van der Waals surface area (Å²) in [5, 5.41) is 12.6. The van der Waals surface area contributed by atoms with E-state index in [1.165, 1.54) is 44.8 Å². The third-order valence-electron chi connectivity index (χ3n) is 7.44. The molecule has 0 saturated carbocycles. The van der Waals surface area contributed by atoms with Gasteiger partial charge in [-0.15, -0.1) is 0 Å². The molecule has 1 aliphatic carbocycles. The molecular formula is C32H28BrNO. The van der Waals surface area contributed by atoms with Crippen LogP contribution < -0.4 is 0 Å². The number of aromatic hydroxyl groups is 1. The Balaban J connectivity index is 1.78. The molecule has 0 amide bonds. The van der Waals surface area contributed by atoms with Crippen molar-refractivity contribution in [3.63, 3.8) is 0 Å². The van der Waals surface area contributed by atoms with Crippen LogP contribution in [-0.2, 0) is 12.8 Å². The topological polar surface area (TPSA) is 25.2 Å². The maximum absolute atomic E-state index is 10.4. The lowest BCUT2D eigenvalue weighted by molar-refractivity contribution is 0.476. The lowest BCUT2D eigenvalue weighted by atomic mass is 9.83. The monoisotopic (exact) mass is 521 g/mol. The van der Waals surface area contributed by atoms with Crippen molar-refractivity contribution in [2.45, 2.75) is 39.5 Å². The molecule has 1 aliphatic rings. The van der Waals surface area contributed by atoms with E-state index in [0.29, 0.717) is 11.7 Å². The first-order valence-corrected chi connectivity index (χ1v) is 13.1. The van der Waals surface area contributed by atoms with E-state index in [4.69, 9.17) is 0 Å². The Morgan fingerprint density at radius 3 is 2.51 bits per heavy atom. The number of phenolic OH excluding ortho intramolecular Hbond substituents is 1. The van der Waals surface area contributed by atoms with Crippen LogP contribution in [0.25, 0.3) is 38.8 Å². The smallest absolute Gasteiger partial charge is 0.116 e. The SMILES string of the molecule is Cc1c2c(c(-c3ccccc3C(C)C)n1-c1cccc3ccc(O)cc13)-c1ccc(Br)cc1CC2. The van der Waals surface area contributed by atoms with Crippen molar-refractivity contribution < 1.29 is 5.11 Å². The van der Waals surface area contributed by atoms with E-state index in [2.05, 4.69) is 102 Å². The lowest BCUT2D eigenvalue weighted by Crippen LogP contribution is -2.04. The second-order valence-electron chi connectivity index (χ2n) is 9.85. The number of aromatic nitrogens is 1. The first-order valence-electron chi connectivity index (χ1n) is 12.3. The first-order chi connectivity index (χ1) is 16.9. The standard InChI is InChI=1S/C32H28BrNO/c1-19(2)25-8-4-5-9-28(25)32-31-26(15-12-22-17-23(33)13-16-27(22)31)20(3)34(32)30-10-6-7-21-11-14-24(35)18-29(21)30/h4-11,13-14,16-19,35H,12,15H2,1-3H3. The molecule has 4 aromatic carbocycles. The zero-order chi connectivity index (χ0) is 24.3. The molecule has 1 heterocycles. The molecule has 0 spiro atoms. The number of halogens is 1. The molecule has 0 unspecified atom stereocenters. The third-order valence-corrected chi connectivity index (χ3v) is 7.93. The van der Waals surface area contributed by atoms with Crippen molar-refractivity contribution in [3.8, 4) is 33.8 Å². The van der Waals surface area contributed by atoms with Gasteiger partial charge >= 0.3 is 0 Å². The Bertz CT molecular complexity index is 1610. The fraction of sp³-hybridized carbons (Fsp3) is 0.188. The van der Waals surface area contributed by atoms with Gasteiger partial charge in [-0.05, 0) is 83.7 Å². The molecule has 1 N–H and O–H groups in total. The number of nitrogens with zero attached hydrogens (tertiary/aromatic N) is 1. The van der Waals surface area contributed by atoms with E-state index >= 15 is 0 Å². The Morgan fingerprint density at radius 1 is 0.857 bits per heavy atom. The van der Waals surface area contributed by atoms with Crippen LogP contribution in [0.5, 0.6) is 5.75 Å². The van der Waals surface area contributed by atoms with Gasteiger partial charge in [-0.1, -0.05) is 78.3 Å². The van der Waals surface area contributed by atoms with Crippen LogP contribution in [0.1, 0.15) is 42.1 Å². The van der Waals surface area contributed by atoms with Crippen molar-refractivity contribution in [1.82, 2.24) is 4.57 Å². The highest BCUT2D eigenvalue weighted by atomic mass is 79.9. The van der Waals surface area contributed by atoms with E-state index in [1.54, 1.807) is 6.07 Å². The molecule has 0 bridgehead atoms. The van der Waals surface area contributed by atoms with E-state index in [-0.39, 0.29) is 0 Å². The minimum atomic E-state index is 0.291. The van der Waals surface area contributed by atoms with Crippen molar-refractivity contribution in [2.75, 3.05) is 0 Å². The molecule has 174 valence electrons. The van der Waals surface area contributed by atoms with Crippen LogP contribution in [0.2, 0.25) is 0 Å². The molecule has 6 rings (SSSR count). The fourth-order valence-electron chi connectivity index (χ4n) is 5.82. The van der Waals surface area contributed by atoms with Crippen molar-refractivity contribution in [3.05, 3.63) is 106 Å². The number of hydrogen-bond acceptors (Lipinski definition) is 1. The van der Waals surface area contributed by atoms with Gasteiger partial charge in [-0.2, -0.15) is 0 Å². The Morgan fingerprint density at radius 2 is 1.69 bits per heavy atom. The number of fused-ring (bicyclic) bond motifs is 4. The van der Waals surface area contributed by atoms with Crippen LogP contribution in [0.15, 0.2) is 83.3 Å². The second-order valence-corrected chi connectivity index (χ2v) is 10.8. The van der Waals surface area contributed by atoms with E-state index in [9.17, 15) is 5.11 Å². The van der Waals surface area contributed by atoms with Crippen LogP contribution in [0.4, 0.5) is 0 Å². The molecular weight excluding hydrogens is 494 g/mol. The van der Waals surface area contributed by atoms with Crippen molar-refractivity contribution in [2.24, 2.45) is 0 Å². The van der Waals surface area contributed by atoms with Gasteiger partial charge in [-0.25, -0.2) is 0 Å². The molecule has 0 radical (unpaired) electrons. The van der Waals surface area contributed by atoms with Crippen LogP contribution >= 0.6 is 15.9 Å². The number of aryl methyl sites for hydroxylation is 1. The quantitative estimate of drug-likeness (QED) is 0.251. The third kappa shape index (κ3) is 3.52. The molecule has 2 nitrogen and oxygen atoms in total. The van der Waals surface area contributed by atoms with Crippen LogP contribution in [0, 0.1) is 6.92 Å². The highest BCUT2D eigenvalue weighted by molar-refractivity contribution is 9.10. The van der Waals surface area contributed by atoms with Crippen molar-refractivity contribution in [1.29, 1.82) is 0 Å². The predicted molar refractivity (Wildman–Crippen MR) is 150 cm³/mol. The van der Waals surface area contributed by atoms with Gasteiger partial charge in [0.05, 0.1) is 11.4 Å². The van der Waals surface area contributed by atoms with Gasteiger partial charge < -0.3 is 9.67 Å². The average molecular weight is 522 g/mol. The van der Waals surface area contributed by atoms with Crippen molar-refractivity contribution >= 4 is 26.7 Å². The highest BCUT2D eigenvalue weighted by Gasteiger charge is 2.29. The molecule has 0 saturated heterocycles. The van der Waals surface area contributed by atoms with E-state index in [1.807, 2.05) is 12.1 Å². The number of phenols is 1. The normalized spacial score (nSPS) is 12.7. The summed E-state index contributed by atoms with van der Waals surface area (Å²) in [6.45, 7) is 6.80. The summed E-state index contributed by atoms with van der Waals surface area (Å²) < 4.78 is 3.58. The Labute approximate surface area is 215 Å². The number of hydrogen-bond donors (Lipinski definition) is 1. The van der Waals surface area contributed by atoms with Crippen LogP contribution in [-0.4, -0.2) is 9.67 Å². The molecule has 5 aromatic rings. The highest BCUT2D eigenvalue weighted by Crippen LogP contribution is 2.48. The maximum atomic E-state index is 10.4. The summed E-state index contributed by atoms with van der Waals surface area (Å²) in [6, 6.07) is 27.6. The second kappa shape index (κ2) is 8.42. The summed E-state index contributed by atoms with van der Waals surface area (Å²) in [7, 11) is 0. The fourth-order valence-corrected chi connectivity index (χ4v) is 6.23. The number of benzene rings is 4. The van der Waals surface area contributed by atoms with Gasteiger partial charge in [0.2, 0.25) is 0 Å². The Kier molecular flexibility index (Phi) is 5.34. The summed E-state index contributed by atoms with van der Waals surface area (Å²) in [5.74, 6) is 0.689. The molecule has 0 atom stereocenters. The lowest BCUT2D eigenvalue weighted by Gasteiger charge is -2.21. The molecule has 3 heteroatoms. The van der Waals surface area contributed by atoms with Crippen LogP contribution in [0.3, 0.4) is 0 Å². The summed E-state index contributed by atoms with van der Waals surface area (Å²) in [4.78, 5) is 0. The molecule has 1 aromatic heterocycles. The zero-order valence-electron chi connectivity index (χ0n) is 20.3. The first kappa shape index (κ1) is 22.2. The molecule has 35 heavy (non-hydrogen) atoms. The predicted octanol–water partition coefficient (Wildman–Crippen LogP) is 8.96. The van der Waals surface area contributed by atoms with Gasteiger partial charge in [-0.3, -0.25) is 0 Å². The van der Waals surface area contributed by atoms with Gasteiger partial charge in [0.1, 0.15) is 5.75 Å². The van der Waals surface area contributed by atoms with Gasteiger partial charge in [0.15, 0.2) is 0 Å². The number of rotatable bonds is 3. The maximum Gasteiger partial charge on any atom is 0.116 e. The van der Waals surface area contributed by atoms with Gasteiger partial charge in [0, 0.05) is 26.7 Å².